The van der Waals surface area contributed by atoms with Crippen LogP contribution in [0.2, 0.25) is 0 Å². The molecule has 1 saturated carbocycles. The lowest BCUT2D eigenvalue weighted by Crippen LogP contribution is -2.41. The summed E-state index contributed by atoms with van der Waals surface area (Å²) in [6.07, 6.45) is 3.47. The summed E-state index contributed by atoms with van der Waals surface area (Å²) in [5.74, 6) is 0.872. The minimum Gasteiger partial charge on any atom is -0.472 e. The van der Waals surface area contributed by atoms with Crippen molar-refractivity contribution in [1.82, 2.24) is 9.29 Å². The van der Waals surface area contributed by atoms with Gasteiger partial charge in [0.1, 0.15) is 6.10 Å². The van der Waals surface area contributed by atoms with E-state index in [4.69, 9.17) is 4.74 Å². The standard InChI is InChI=1S/C18H20N2O3S/c21-24(22,13-14-6-2-1-3-7-14)20-12-15-9-10-16(20)18(15)23-17-8-4-5-11-19-17/h1-8,11,15-16,18H,9-10,12-13H2. The van der Waals surface area contributed by atoms with Crippen molar-refractivity contribution in [3.05, 3.63) is 60.3 Å². The lowest BCUT2D eigenvalue weighted by molar-refractivity contribution is 0.161. The average molecular weight is 344 g/mol. The van der Waals surface area contributed by atoms with Crippen LogP contribution in [-0.2, 0) is 15.8 Å². The van der Waals surface area contributed by atoms with Gasteiger partial charge in [-0.15, -0.1) is 0 Å². The zero-order chi connectivity index (χ0) is 16.6. The van der Waals surface area contributed by atoms with Gasteiger partial charge in [0.25, 0.3) is 0 Å². The molecule has 5 nitrogen and oxygen atoms in total. The number of piperidine rings is 1. The van der Waals surface area contributed by atoms with E-state index in [-0.39, 0.29) is 23.8 Å². The summed E-state index contributed by atoms with van der Waals surface area (Å²) >= 11 is 0. The molecule has 3 atom stereocenters. The average Bonchev–Trinajstić information content (AvgIpc) is 3.14. The van der Waals surface area contributed by atoms with Gasteiger partial charge in [0.05, 0.1) is 11.8 Å². The quantitative estimate of drug-likeness (QED) is 0.836. The molecule has 2 bridgehead atoms. The van der Waals surface area contributed by atoms with Crippen LogP contribution in [0.15, 0.2) is 54.7 Å². The van der Waals surface area contributed by atoms with Crippen molar-refractivity contribution in [2.24, 2.45) is 5.92 Å². The molecule has 2 aliphatic rings. The molecule has 1 aliphatic carbocycles. The second kappa shape index (κ2) is 6.18. The van der Waals surface area contributed by atoms with Crippen LogP contribution >= 0.6 is 0 Å². The number of aromatic nitrogens is 1. The van der Waals surface area contributed by atoms with E-state index in [9.17, 15) is 8.42 Å². The zero-order valence-corrected chi connectivity index (χ0v) is 14.1. The highest BCUT2D eigenvalue weighted by Gasteiger charge is 2.52. The van der Waals surface area contributed by atoms with Gasteiger partial charge in [0, 0.05) is 24.7 Å². The van der Waals surface area contributed by atoms with Gasteiger partial charge in [-0.2, -0.15) is 4.31 Å². The summed E-state index contributed by atoms with van der Waals surface area (Å²) in [5, 5.41) is 0. The van der Waals surface area contributed by atoms with E-state index in [0.29, 0.717) is 12.4 Å². The number of rotatable bonds is 5. The van der Waals surface area contributed by atoms with Crippen molar-refractivity contribution >= 4 is 10.0 Å². The highest BCUT2D eigenvalue weighted by Crippen LogP contribution is 2.41. The number of nitrogens with zero attached hydrogens (tertiary/aromatic N) is 2. The minimum absolute atomic E-state index is 0.0490. The molecule has 2 aromatic rings. The number of hydrogen-bond donors (Lipinski definition) is 0. The molecule has 1 aliphatic heterocycles. The lowest BCUT2D eigenvalue weighted by atomic mass is 10.1. The van der Waals surface area contributed by atoms with Crippen molar-refractivity contribution in [3.8, 4) is 5.88 Å². The second-order valence-electron chi connectivity index (χ2n) is 6.47. The van der Waals surface area contributed by atoms with E-state index in [2.05, 4.69) is 4.98 Å². The van der Waals surface area contributed by atoms with Gasteiger partial charge in [0.2, 0.25) is 15.9 Å². The summed E-state index contributed by atoms with van der Waals surface area (Å²) in [6.45, 7) is 0.553. The van der Waals surface area contributed by atoms with Crippen LogP contribution in [0.4, 0.5) is 0 Å². The van der Waals surface area contributed by atoms with Crippen LogP contribution in [0.5, 0.6) is 5.88 Å². The number of hydrogen-bond acceptors (Lipinski definition) is 4. The maximum absolute atomic E-state index is 12.8. The molecule has 1 aromatic carbocycles. The molecule has 24 heavy (non-hydrogen) atoms. The molecule has 1 saturated heterocycles. The highest BCUT2D eigenvalue weighted by atomic mass is 32.2. The van der Waals surface area contributed by atoms with E-state index in [1.807, 2.05) is 48.5 Å². The van der Waals surface area contributed by atoms with Crippen molar-refractivity contribution in [2.75, 3.05) is 6.54 Å². The predicted molar refractivity (Wildman–Crippen MR) is 90.9 cm³/mol. The van der Waals surface area contributed by atoms with Gasteiger partial charge >= 0.3 is 0 Å². The first kappa shape index (κ1) is 15.6. The summed E-state index contributed by atoms with van der Waals surface area (Å²) in [7, 11) is -3.34. The molecule has 0 amide bonds. The first-order chi connectivity index (χ1) is 11.6. The molecule has 0 N–H and O–H groups in total. The normalized spacial score (nSPS) is 26.6. The minimum atomic E-state index is -3.34. The number of benzene rings is 1. The first-order valence-electron chi connectivity index (χ1n) is 8.24. The van der Waals surface area contributed by atoms with E-state index in [0.717, 1.165) is 18.4 Å². The van der Waals surface area contributed by atoms with E-state index >= 15 is 0 Å². The summed E-state index contributed by atoms with van der Waals surface area (Å²) < 4.78 is 33.4. The number of fused-ring (bicyclic) bond motifs is 2. The third-order valence-electron chi connectivity index (χ3n) is 4.91. The molecule has 0 radical (unpaired) electrons. The van der Waals surface area contributed by atoms with Gasteiger partial charge in [-0.25, -0.2) is 13.4 Å². The Balaban J connectivity index is 1.51. The second-order valence-corrected chi connectivity index (χ2v) is 8.39. The molecule has 1 aromatic heterocycles. The highest BCUT2D eigenvalue weighted by molar-refractivity contribution is 7.88. The Morgan fingerprint density at radius 3 is 2.62 bits per heavy atom. The Labute approximate surface area is 142 Å². The van der Waals surface area contributed by atoms with Gasteiger partial charge in [-0.3, -0.25) is 0 Å². The molecular formula is C18H20N2O3S. The Kier molecular flexibility index (Phi) is 4.02. The molecule has 3 unspecified atom stereocenters. The van der Waals surface area contributed by atoms with Gasteiger partial charge in [-0.1, -0.05) is 36.4 Å². The van der Waals surface area contributed by atoms with Gasteiger partial charge in [-0.05, 0) is 24.5 Å². The van der Waals surface area contributed by atoms with Crippen LogP contribution in [0.25, 0.3) is 0 Å². The first-order valence-corrected chi connectivity index (χ1v) is 9.85. The van der Waals surface area contributed by atoms with Gasteiger partial charge < -0.3 is 4.74 Å². The summed E-state index contributed by atoms with van der Waals surface area (Å²) in [4.78, 5) is 4.20. The fourth-order valence-corrected chi connectivity index (χ4v) is 5.65. The van der Waals surface area contributed by atoms with E-state index in [1.165, 1.54) is 0 Å². The van der Waals surface area contributed by atoms with Crippen molar-refractivity contribution in [1.29, 1.82) is 0 Å². The molecule has 0 spiro atoms. The lowest BCUT2D eigenvalue weighted by Gasteiger charge is -2.26. The van der Waals surface area contributed by atoms with Gasteiger partial charge in [0.15, 0.2) is 0 Å². The third kappa shape index (κ3) is 2.91. The van der Waals surface area contributed by atoms with Crippen LogP contribution in [0, 0.1) is 5.92 Å². The number of sulfonamides is 1. The molecule has 6 heteroatoms. The Hall–Kier alpha value is -1.92. The summed E-state index contributed by atoms with van der Waals surface area (Å²) in [5.41, 5.74) is 0.822. The largest absolute Gasteiger partial charge is 0.472 e. The number of pyridine rings is 1. The predicted octanol–water partition coefficient (Wildman–Crippen LogP) is 2.45. The SMILES string of the molecule is O=S(=O)(Cc1ccccc1)N1CC2CCC1C2Oc1ccccn1. The molecule has 2 heterocycles. The summed E-state index contributed by atoms with van der Waals surface area (Å²) in [6, 6.07) is 14.8. The van der Waals surface area contributed by atoms with Crippen LogP contribution in [-0.4, -0.2) is 36.4 Å². The van der Waals surface area contributed by atoms with E-state index < -0.39 is 10.0 Å². The van der Waals surface area contributed by atoms with Crippen LogP contribution in [0.1, 0.15) is 18.4 Å². The molecule has 126 valence electrons. The molecular weight excluding hydrogens is 324 g/mol. The third-order valence-corrected chi connectivity index (χ3v) is 6.74. The zero-order valence-electron chi connectivity index (χ0n) is 13.3. The van der Waals surface area contributed by atoms with E-state index in [1.54, 1.807) is 10.5 Å². The number of ether oxygens (including phenoxy) is 1. The topological polar surface area (TPSA) is 59.5 Å². The van der Waals surface area contributed by atoms with Crippen LogP contribution in [0.3, 0.4) is 0 Å². The molecule has 2 fully saturated rings. The fraction of sp³-hybridized carbons (Fsp3) is 0.389. The maximum Gasteiger partial charge on any atom is 0.218 e. The van der Waals surface area contributed by atoms with Crippen molar-refractivity contribution < 1.29 is 13.2 Å². The monoisotopic (exact) mass is 344 g/mol. The Morgan fingerprint density at radius 1 is 1.08 bits per heavy atom. The Morgan fingerprint density at radius 2 is 1.88 bits per heavy atom. The Bertz CT molecular complexity index is 796. The smallest absolute Gasteiger partial charge is 0.218 e. The molecule has 4 rings (SSSR count). The maximum atomic E-state index is 12.8. The van der Waals surface area contributed by atoms with Crippen molar-refractivity contribution in [2.45, 2.75) is 30.7 Å². The van der Waals surface area contributed by atoms with Crippen molar-refractivity contribution in [3.63, 3.8) is 0 Å². The fourth-order valence-electron chi connectivity index (χ4n) is 3.82. The van der Waals surface area contributed by atoms with Crippen LogP contribution < -0.4 is 4.74 Å².